The molecule has 1 aliphatic heterocycles. The summed E-state index contributed by atoms with van der Waals surface area (Å²) in [5.74, 6) is 0.653. The molecule has 1 aromatic rings. The van der Waals surface area contributed by atoms with Gasteiger partial charge in [0.15, 0.2) is 0 Å². The Morgan fingerprint density at radius 1 is 1.30 bits per heavy atom. The van der Waals surface area contributed by atoms with Gasteiger partial charge in [-0.05, 0) is 49.4 Å². The van der Waals surface area contributed by atoms with E-state index in [1.54, 1.807) is 24.3 Å². The zero-order chi connectivity index (χ0) is 16.1. The summed E-state index contributed by atoms with van der Waals surface area (Å²) in [4.78, 5) is 14.6. The number of nitrogens with zero attached hydrogens (tertiary/aromatic N) is 2. The zero-order valence-corrected chi connectivity index (χ0v) is 13.3. The van der Waals surface area contributed by atoms with Crippen LogP contribution in [0.1, 0.15) is 31.2 Å². The molecule has 0 aromatic heterocycles. The van der Waals surface area contributed by atoms with Gasteiger partial charge in [0.05, 0.1) is 18.2 Å². The van der Waals surface area contributed by atoms with Crippen LogP contribution in [-0.2, 0) is 9.53 Å². The lowest BCUT2D eigenvalue weighted by Gasteiger charge is -2.24. The summed E-state index contributed by atoms with van der Waals surface area (Å²) in [5, 5.41) is 11.7. The monoisotopic (exact) mass is 313 g/mol. The average Bonchev–Trinajstić information content (AvgIpc) is 3.29. The summed E-state index contributed by atoms with van der Waals surface area (Å²) in [6, 6.07) is 9.70. The molecule has 5 nitrogen and oxygen atoms in total. The maximum absolute atomic E-state index is 12.1. The van der Waals surface area contributed by atoms with Gasteiger partial charge in [-0.3, -0.25) is 9.69 Å². The van der Waals surface area contributed by atoms with Gasteiger partial charge >= 0.3 is 0 Å². The molecule has 2 fully saturated rings. The lowest BCUT2D eigenvalue weighted by molar-refractivity contribution is -0.116. The lowest BCUT2D eigenvalue weighted by Crippen LogP contribution is -2.34. The Kier molecular flexibility index (Phi) is 5.27. The van der Waals surface area contributed by atoms with Gasteiger partial charge in [0.25, 0.3) is 0 Å². The molecule has 122 valence electrons. The Morgan fingerprint density at radius 3 is 2.70 bits per heavy atom. The number of ether oxygens (including phenoxy) is 1. The maximum atomic E-state index is 12.1. The number of amides is 1. The summed E-state index contributed by atoms with van der Waals surface area (Å²) in [6.07, 6.45) is 4.15. The first kappa shape index (κ1) is 16.0. The Labute approximate surface area is 137 Å². The van der Waals surface area contributed by atoms with Crippen molar-refractivity contribution in [2.75, 3.05) is 31.6 Å². The molecule has 1 atom stereocenters. The highest BCUT2D eigenvalue weighted by molar-refractivity contribution is 5.90. The average molecular weight is 313 g/mol. The molecule has 0 spiro atoms. The van der Waals surface area contributed by atoms with Crippen LogP contribution in [0.15, 0.2) is 24.3 Å². The fourth-order valence-corrected chi connectivity index (χ4v) is 3.02. The molecule has 5 heteroatoms. The summed E-state index contributed by atoms with van der Waals surface area (Å²) < 4.78 is 5.45. The molecule has 0 unspecified atom stereocenters. The van der Waals surface area contributed by atoms with Crippen LogP contribution in [0.4, 0.5) is 5.69 Å². The number of benzene rings is 1. The number of rotatable bonds is 7. The normalized spacial score (nSPS) is 20.4. The SMILES string of the molecule is N#Cc1ccc(NC(=O)CCN(C[C@H]2CCOC2)C2CC2)cc1. The van der Waals surface area contributed by atoms with Crippen molar-refractivity contribution >= 4 is 11.6 Å². The second-order valence-electron chi connectivity index (χ2n) is 6.44. The molecule has 3 rings (SSSR count). The summed E-state index contributed by atoms with van der Waals surface area (Å²) in [6.45, 7) is 3.60. The standard InChI is InChI=1S/C18H23N3O2/c19-11-14-1-3-16(4-2-14)20-18(22)7-9-21(17-5-6-17)12-15-8-10-23-13-15/h1-4,15,17H,5-10,12-13H2,(H,20,22)/t15-/m1/s1. The van der Waals surface area contributed by atoms with Gasteiger partial charge in [-0.15, -0.1) is 0 Å². The van der Waals surface area contributed by atoms with Gasteiger partial charge in [0.1, 0.15) is 0 Å². The minimum Gasteiger partial charge on any atom is -0.381 e. The van der Waals surface area contributed by atoms with Crippen molar-refractivity contribution in [3.05, 3.63) is 29.8 Å². The van der Waals surface area contributed by atoms with E-state index in [-0.39, 0.29) is 5.91 Å². The van der Waals surface area contributed by atoms with E-state index in [0.717, 1.165) is 38.4 Å². The van der Waals surface area contributed by atoms with Crippen LogP contribution in [-0.4, -0.2) is 43.2 Å². The minimum atomic E-state index is 0.0306. The number of carbonyl (C=O) groups excluding carboxylic acids is 1. The van der Waals surface area contributed by atoms with Crippen molar-refractivity contribution in [2.45, 2.75) is 31.7 Å². The van der Waals surface area contributed by atoms with Crippen molar-refractivity contribution < 1.29 is 9.53 Å². The van der Waals surface area contributed by atoms with Crippen LogP contribution in [0, 0.1) is 17.2 Å². The van der Waals surface area contributed by atoms with Crippen LogP contribution < -0.4 is 5.32 Å². The second kappa shape index (κ2) is 7.58. The van der Waals surface area contributed by atoms with Gasteiger partial charge < -0.3 is 10.1 Å². The van der Waals surface area contributed by atoms with Gasteiger partial charge in [-0.25, -0.2) is 0 Å². The van der Waals surface area contributed by atoms with E-state index >= 15 is 0 Å². The smallest absolute Gasteiger partial charge is 0.225 e. The highest BCUT2D eigenvalue weighted by atomic mass is 16.5. The minimum absolute atomic E-state index is 0.0306. The van der Waals surface area contributed by atoms with Crippen molar-refractivity contribution in [3.63, 3.8) is 0 Å². The number of hydrogen-bond acceptors (Lipinski definition) is 4. The Balaban J connectivity index is 1.45. The Morgan fingerprint density at radius 2 is 2.09 bits per heavy atom. The molecule has 1 heterocycles. The molecule has 1 amide bonds. The first-order valence-corrected chi connectivity index (χ1v) is 8.36. The van der Waals surface area contributed by atoms with Crippen LogP contribution in [0.5, 0.6) is 0 Å². The predicted octanol–water partition coefficient (Wildman–Crippen LogP) is 2.39. The topological polar surface area (TPSA) is 65.4 Å². The third-order valence-corrected chi connectivity index (χ3v) is 4.50. The predicted molar refractivity (Wildman–Crippen MR) is 87.9 cm³/mol. The lowest BCUT2D eigenvalue weighted by atomic mass is 10.1. The highest BCUT2D eigenvalue weighted by Gasteiger charge is 2.31. The molecular formula is C18H23N3O2. The molecule has 1 saturated carbocycles. The molecule has 1 saturated heterocycles. The molecule has 0 bridgehead atoms. The van der Waals surface area contributed by atoms with E-state index in [4.69, 9.17) is 10.00 Å². The van der Waals surface area contributed by atoms with Crippen LogP contribution in [0.3, 0.4) is 0 Å². The third kappa shape index (κ3) is 4.78. The number of nitrogens with one attached hydrogen (secondary N) is 1. The van der Waals surface area contributed by atoms with E-state index < -0.39 is 0 Å². The van der Waals surface area contributed by atoms with Crippen molar-refractivity contribution in [1.82, 2.24) is 4.90 Å². The molecule has 1 aliphatic carbocycles. The van der Waals surface area contributed by atoms with Gasteiger partial charge in [0.2, 0.25) is 5.91 Å². The molecule has 2 aliphatic rings. The molecule has 23 heavy (non-hydrogen) atoms. The van der Waals surface area contributed by atoms with Gasteiger partial charge in [-0.2, -0.15) is 5.26 Å². The van der Waals surface area contributed by atoms with E-state index in [2.05, 4.69) is 16.3 Å². The van der Waals surface area contributed by atoms with Gasteiger partial charge in [0, 0.05) is 37.8 Å². The fraction of sp³-hybridized carbons (Fsp3) is 0.556. The van der Waals surface area contributed by atoms with Crippen molar-refractivity contribution in [3.8, 4) is 6.07 Å². The number of nitriles is 1. The number of hydrogen-bond donors (Lipinski definition) is 1. The highest BCUT2D eigenvalue weighted by Crippen LogP contribution is 2.29. The third-order valence-electron chi connectivity index (χ3n) is 4.50. The van der Waals surface area contributed by atoms with E-state index in [1.807, 2.05) is 0 Å². The first-order chi connectivity index (χ1) is 11.2. The fourth-order valence-electron chi connectivity index (χ4n) is 3.02. The first-order valence-electron chi connectivity index (χ1n) is 8.36. The van der Waals surface area contributed by atoms with E-state index in [9.17, 15) is 4.79 Å². The zero-order valence-electron chi connectivity index (χ0n) is 13.3. The summed E-state index contributed by atoms with van der Waals surface area (Å²) in [7, 11) is 0. The molecule has 1 N–H and O–H groups in total. The van der Waals surface area contributed by atoms with E-state index in [1.165, 1.54) is 12.8 Å². The van der Waals surface area contributed by atoms with Crippen molar-refractivity contribution in [2.24, 2.45) is 5.92 Å². The quantitative estimate of drug-likeness (QED) is 0.839. The summed E-state index contributed by atoms with van der Waals surface area (Å²) >= 11 is 0. The molecule has 1 aromatic carbocycles. The molecule has 0 radical (unpaired) electrons. The van der Waals surface area contributed by atoms with Gasteiger partial charge in [-0.1, -0.05) is 0 Å². The Bertz CT molecular complexity index is 569. The van der Waals surface area contributed by atoms with Crippen LogP contribution in [0.2, 0.25) is 0 Å². The van der Waals surface area contributed by atoms with Crippen LogP contribution >= 0.6 is 0 Å². The Hall–Kier alpha value is -1.90. The van der Waals surface area contributed by atoms with E-state index in [0.29, 0.717) is 23.9 Å². The largest absolute Gasteiger partial charge is 0.381 e. The maximum Gasteiger partial charge on any atom is 0.225 e. The van der Waals surface area contributed by atoms with Crippen molar-refractivity contribution in [1.29, 1.82) is 5.26 Å². The number of carbonyl (C=O) groups is 1. The second-order valence-corrected chi connectivity index (χ2v) is 6.44. The number of anilines is 1. The van der Waals surface area contributed by atoms with Crippen LogP contribution in [0.25, 0.3) is 0 Å². The molecular weight excluding hydrogens is 290 g/mol. The summed E-state index contributed by atoms with van der Waals surface area (Å²) in [5.41, 5.74) is 1.35.